The highest BCUT2D eigenvalue weighted by Gasteiger charge is 1.98. The van der Waals surface area contributed by atoms with E-state index >= 15 is 0 Å². The number of halogens is 1. The van der Waals surface area contributed by atoms with Gasteiger partial charge in [-0.2, -0.15) is 0 Å². The van der Waals surface area contributed by atoms with Crippen LogP contribution in [-0.4, -0.2) is 10.4 Å². The van der Waals surface area contributed by atoms with Crippen molar-refractivity contribution < 1.29 is 5.11 Å². The minimum atomic E-state index is 0.370. The zero-order chi connectivity index (χ0) is 8.97. The lowest BCUT2D eigenvalue weighted by molar-refractivity contribution is 0.470. The topological polar surface area (TPSA) is 20.2 Å². The van der Waals surface area contributed by atoms with Gasteiger partial charge in [-0.3, -0.25) is 0 Å². The predicted octanol–water partition coefficient (Wildman–Crippen LogP) is 3.11. The van der Waals surface area contributed by atoms with Gasteiger partial charge in [0.05, 0.1) is 0 Å². The molecule has 0 aliphatic rings. The van der Waals surface area contributed by atoms with Crippen molar-refractivity contribution in [3.05, 3.63) is 35.4 Å². The number of rotatable bonds is 2. The summed E-state index contributed by atoms with van der Waals surface area (Å²) in [6, 6.07) is 5.71. The van der Waals surface area contributed by atoms with Crippen LogP contribution < -0.4 is 0 Å². The number of aryl methyl sites for hydroxylation is 1. The molecule has 0 fully saturated rings. The monoisotopic (exact) mass is 226 g/mol. The van der Waals surface area contributed by atoms with Crippen LogP contribution in [0.25, 0.3) is 6.08 Å². The molecule has 1 rings (SSSR count). The number of aromatic hydroxyl groups is 1. The average molecular weight is 227 g/mol. The van der Waals surface area contributed by atoms with Crippen molar-refractivity contribution in [2.45, 2.75) is 6.92 Å². The number of hydrogen-bond acceptors (Lipinski definition) is 1. The number of allylic oxidation sites excluding steroid dienone is 1. The smallest absolute Gasteiger partial charge is 0.125 e. The molecular formula is C10H11BrO. The summed E-state index contributed by atoms with van der Waals surface area (Å²) in [4.78, 5) is 0. The predicted molar refractivity (Wildman–Crippen MR) is 55.7 cm³/mol. The van der Waals surface area contributed by atoms with Gasteiger partial charge in [0.25, 0.3) is 0 Å². The quantitative estimate of drug-likeness (QED) is 0.769. The fourth-order valence-electron chi connectivity index (χ4n) is 0.988. The van der Waals surface area contributed by atoms with Gasteiger partial charge in [-0.15, -0.1) is 0 Å². The van der Waals surface area contributed by atoms with Gasteiger partial charge in [0.2, 0.25) is 0 Å². The second kappa shape index (κ2) is 4.31. The van der Waals surface area contributed by atoms with Crippen LogP contribution >= 0.6 is 15.9 Å². The van der Waals surface area contributed by atoms with E-state index < -0.39 is 0 Å². The Kier molecular flexibility index (Phi) is 3.35. The largest absolute Gasteiger partial charge is 0.507 e. The van der Waals surface area contributed by atoms with Gasteiger partial charge >= 0.3 is 0 Å². The molecule has 0 heterocycles. The third-order valence-corrected chi connectivity index (χ3v) is 2.03. The van der Waals surface area contributed by atoms with Crippen LogP contribution in [-0.2, 0) is 0 Å². The van der Waals surface area contributed by atoms with E-state index in [2.05, 4.69) is 15.9 Å². The fraction of sp³-hybridized carbons (Fsp3) is 0.200. The van der Waals surface area contributed by atoms with Crippen molar-refractivity contribution in [3.63, 3.8) is 0 Å². The van der Waals surface area contributed by atoms with Gasteiger partial charge in [0.15, 0.2) is 0 Å². The fourth-order valence-corrected chi connectivity index (χ4v) is 1.17. The Morgan fingerprint density at radius 3 is 2.92 bits per heavy atom. The van der Waals surface area contributed by atoms with Gasteiger partial charge in [0.1, 0.15) is 5.75 Å². The molecule has 0 bridgehead atoms. The van der Waals surface area contributed by atoms with Crippen LogP contribution in [0.1, 0.15) is 11.1 Å². The molecular weight excluding hydrogens is 216 g/mol. The molecule has 0 amide bonds. The van der Waals surface area contributed by atoms with E-state index in [1.54, 1.807) is 0 Å². The highest BCUT2D eigenvalue weighted by atomic mass is 79.9. The van der Waals surface area contributed by atoms with Gasteiger partial charge in [-0.1, -0.05) is 46.3 Å². The molecule has 0 atom stereocenters. The molecule has 0 aliphatic carbocycles. The third kappa shape index (κ3) is 2.11. The first-order valence-corrected chi connectivity index (χ1v) is 4.89. The number of alkyl halides is 1. The summed E-state index contributed by atoms with van der Waals surface area (Å²) in [5.74, 6) is 0.370. The molecule has 0 saturated heterocycles. The Morgan fingerprint density at radius 2 is 2.25 bits per heavy atom. The second-order valence-corrected chi connectivity index (χ2v) is 3.22. The van der Waals surface area contributed by atoms with Crippen LogP contribution in [0.4, 0.5) is 0 Å². The number of para-hydroxylation sites is 1. The molecule has 1 aromatic rings. The number of hydrogen-bond donors (Lipinski definition) is 1. The number of phenolic OH excluding ortho intramolecular Hbond substituents is 1. The van der Waals surface area contributed by atoms with E-state index in [0.29, 0.717) is 5.75 Å². The maximum absolute atomic E-state index is 9.56. The molecule has 0 unspecified atom stereocenters. The van der Waals surface area contributed by atoms with Gasteiger partial charge in [0, 0.05) is 10.9 Å². The van der Waals surface area contributed by atoms with Crippen molar-refractivity contribution in [2.75, 3.05) is 5.33 Å². The molecule has 1 aromatic carbocycles. The number of benzene rings is 1. The van der Waals surface area contributed by atoms with E-state index in [1.807, 2.05) is 37.3 Å². The Hall–Kier alpha value is -0.760. The van der Waals surface area contributed by atoms with Crippen LogP contribution in [0.15, 0.2) is 24.3 Å². The standard InChI is InChI=1S/C10H11BrO/c1-8-4-2-5-9(10(8)12)6-3-7-11/h2-6,12H,7H2,1H3. The van der Waals surface area contributed by atoms with E-state index in [-0.39, 0.29) is 0 Å². The third-order valence-electron chi connectivity index (χ3n) is 1.66. The molecule has 0 saturated carbocycles. The first kappa shape index (κ1) is 9.33. The number of phenols is 1. The van der Waals surface area contributed by atoms with Crippen molar-refractivity contribution in [2.24, 2.45) is 0 Å². The molecule has 0 aromatic heterocycles. The average Bonchev–Trinajstić information content (AvgIpc) is 2.08. The van der Waals surface area contributed by atoms with E-state index in [0.717, 1.165) is 16.5 Å². The maximum Gasteiger partial charge on any atom is 0.125 e. The molecule has 12 heavy (non-hydrogen) atoms. The van der Waals surface area contributed by atoms with Crippen LogP contribution in [0.3, 0.4) is 0 Å². The molecule has 2 heteroatoms. The Labute approximate surface area is 80.9 Å². The summed E-state index contributed by atoms with van der Waals surface area (Å²) in [6.45, 7) is 1.89. The lowest BCUT2D eigenvalue weighted by Crippen LogP contribution is -1.78. The molecule has 1 nitrogen and oxygen atoms in total. The van der Waals surface area contributed by atoms with Gasteiger partial charge in [-0.25, -0.2) is 0 Å². The lowest BCUT2D eigenvalue weighted by Gasteiger charge is -2.01. The summed E-state index contributed by atoms with van der Waals surface area (Å²) >= 11 is 3.28. The Morgan fingerprint density at radius 1 is 1.50 bits per heavy atom. The zero-order valence-electron chi connectivity index (χ0n) is 6.92. The summed E-state index contributed by atoms with van der Waals surface area (Å²) in [5, 5.41) is 10.4. The second-order valence-electron chi connectivity index (χ2n) is 2.57. The summed E-state index contributed by atoms with van der Waals surface area (Å²) in [6.07, 6.45) is 3.85. The van der Waals surface area contributed by atoms with Crippen molar-refractivity contribution >= 4 is 22.0 Å². The highest BCUT2D eigenvalue weighted by Crippen LogP contribution is 2.22. The van der Waals surface area contributed by atoms with Crippen LogP contribution in [0.5, 0.6) is 5.75 Å². The Balaban J connectivity index is 3.00. The Bertz CT molecular complexity index is 292. The lowest BCUT2D eigenvalue weighted by atomic mass is 10.1. The first-order chi connectivity index (χ1) is 5.75. The molecule has 0 aliphatic heterocycles. The summed E-state index contributed by atoms with van der Waals surface area (Å²) < 4.78 is 0. The van der Waals surface area contributed by atoms with Gasteiger partial charge in [-0.05, 0) is 12.5 Å². The van der Waals surface area contributed by atoms with Crippen LogP contribution in [0, 0.1) is 6.92 Å². The first-order valence-electron chi connectivity index (χ1n) is 3.77. The van der Waals surface area contributed by atoms with Crippen molar-refractivity contribution in [3.8, 4) is 5.75 Å². The van der Waals surface area contributed by atoms with Crippen LogP contribution in [0.2, 0.25) is 0 Å². The van der Waals surface area contributed by atoms with E-state index in [4.69, 9.17) is 0 Å². The van der Waals surface area contributed by atoms with Crippen molar-refractivity contribution in [1.82, 2.24) is 0 Å². The molecule has 64 valence electrons. The summed E-state index contributed by atoms with van der Waals surface area (Å²) in [5.41, 5.74) is 1.78. The normalized spacial score (nSPS) is 10.8. The maximum atomic E-state index is 9.56. The minimum absolute atomic E-state index is 0.370. The SMILES string of the molecule is Cc1cccc(C=CCBr)c1O. The van der Waals surface area contributed by atoms with E-state index in [1.165, 1.54) is 0 Å². The minimum Gasteiger partial charge on any atom is -0.507 e. The summed E-state index contributed by atoms with van der Waals surface area (Å²) in [7, 11) is 0. The van der Waals surface area contributed by atoms with Gasteiger partial charge < -0.3 is 5.11 Å². The van der Waals surface area contributed by atoms with Crippen molar-refractivity contribution in [1.29, 1.82) is 0 Å². The zero-order valence-corrected chi connectivity index (χ0v) is 8.51. The van der Waals surface area contributed by atoms with E-state index in [9.17, 15) is 5.11 Å². The molecule has 0 radical (unpaired) electrons. The highest BCUT2D eigenvalue weighted by molar-refractivity contribution is 9.09. The molecule has 0 spiro atoms. The molecule has 1 N–H and O–H groups in total.